The van der Waals surface area contributed by atoms with Crippen LogP contribution in [0.1, 0.15) is 24.1 Å². The summed E-state index contributed by atoms with van der Waals surface area (Å²) < 4.78 is 31.0. The Labute approximate surface area is 159 Å². The molecule has 1 atom stereocenters. The van der Waals surface area contributed by atoms with E-state index in [9.17, 15) is 13.2 Å². The van der Waals surface area contributed by atoms with E-state index < -0.39 is 15.6 Å². The van der Waals surface area contributed by atoms with Gasteiger partial charge in [0.1, 0.15) is 5.69 Å². The summed E-state index contributed by atoms with van der Waals surface area (Å²) in [5.41, 5.74) is 1.86. The van der Waals surface area contributed by atoms with Crippen molar-refractivity contribution in [2.75, 3.05) is 10.5 Å². The Morgan fingerprint density at radius 3 is 2.15 bits per heavy atom. The molecule has 2 aromatic carbocycles. The van der Waals surface area contributed by atoms with E-state index in [0.29, 0.717) is 11.4 Å². The van der Waals surface area contributed by atoms with Gasteiger partial charge in [0.15, 0.2) is 0 Å². The lowest BCUT2D eigenvalue weighted by Gasteiger charge is -2.13. The molecular weight excluding hydrogens is 362 g/mol. The van der Waals surface area contributed by atoms with Crippen molar-refractivity contribution in [3.8, 4) is 5.69 Å². The number of anilines is 1. The zero-order valence-electron chi connectivity index (χ0n) is 15.6. The Kier molecular flexibility index (Phi) is 5.23. The largest absolute Gasteiger partial charge is 0.296 e. The smallest absolute Gasteiger partial charge is 0.283 e. The molecule has 0 aliphatic heterocycles. The molecule has 3 rings (SSSR count). The summed E-state index contributed by atoms with van der Waals surface area (Å²) >= 11 is 0. The van der Waals surface area contributed by atoms with Gasteiger partial charge in [0.25, 0.3) is 5.56 Å². The predicted octanol–water partition coefficient (Wildman–Crippen LogP) is 3.03. The van der Waals surface area contributed by atoms with Crippen molar-refractivity contribution in [3.05, 3.63) is 82.3 Å². The third-order valence-corrected chi connectivity index (χ3v) is 6.10. The van der Waals surface area contributed by atoms with Gasteiger partial charge in [0.2, 0.25) is 10.0 Å². The van der Waals surface area contributed by atoms with Gasteiger partial charge in [0, 0.05) is 7.05 Å². The maximum absolute atomic E-state index is 12.9. The molecule has 142 valence electrons. The zero-order valence-corrected chi connectivity index (χ0v) is 16.4. The lowest BCUT2D eigenvalue weighted by atomic mass is 10.0. The number of nitrogens with one attached hydrogen (secondary N) is 1. The first-order valence-corrected chi connectivity index (χ1v) is 10.3. The molecule has 0 fully saturated rings. The van der Waals surface area contributed by atoms with Gasteiger partial charge in [-0.05, 0) is 30.5 Å². The van der Waals surface area contributed by atoms with Crippen LogP contribution in [-0.2, 0) is 17.1 Å². The highest BCUT2D eigenvalue weighted by atomic mass is 32.2. The first kappa shape index (κ1) is 19.0. The number of hydrogen-bond donors (Lipinski definition) is 1. The molecule has 1 aromatic heterocycles. The van der Waals surface area contributed by atoms with Crippen LogP contribution in [0.3, 0.4) is 0 Å². The number of sulfonamides is 1. The number of benzene rings is 2. The predicted molar refractivity (Wildman–Crippen MR) is 108 cm³/mol. The average Bonchev–Trinajstić information content (AvgIpc) is 2.86. The van der Waals surface area contributed by atoms with Crippen molar-refractivity contribution in [3.63, 3.8) is 0 Å². The van der Waals surface area contributed by atoms with Crippen molar-refractivity contribution in [1.82, 2.24) is 9.36 Å². The fourth-order valence-electron chi connectivity index (χ4n) is 3.09. The fraction of sp³-hybridized carbons (Fsp3) is 0.250. The highest BCUT2D eigenvalue weighted by Crippen LogP contribution is 2.20. The lowest BCUT2D eigenvalue weighted by Crippen LogP contribution is -2.25. The standard InChI is InChI=1S/C20H23N3O3S/c1-15(17-10-6-4-7-11-17)14-27(25,26)21-19-16(2)22(3)23(20(19)24)18-12-8-5-9-13-18/h4-13,15,21H,14H2,1-3H3/t15-/m1/s1. The van der Waals surface area contributed by atoms with Gasteiger partial charge in [-0.2, -0.15) is 0 Å². The van der Waals surface area contributed by atoms with E-state index in [0.717, 1.165) is 5.56 Å². The maximum Gasteiger partial charge on any atom is 0.296 e. The second kappa shape index (κ2) is 7.44. The number of hydrogen-bond acceptors (Lipinski definition) is 3. The van der Waals surface area contributed by atoms with Crippen molar-refractivity contribution in [1.29, 1.82) is 0 Å². The van der Waals surface area contributed by atoms with Gasteiger partial charge in [-0.25, -0.2) is 13.1 Å². The van der Waals surface area contributed by atoms with E-state index in [1.165, 1.54) is 4.68 Å². The quantitative estimate of drug-likeness (QED) is 0.709. The van der Waals surface area contributed by atoms with Crippen molar-refractivity contribution in [2.45, 2.75) is 19.8 Å². The molecule has 0 saturated carbocycles. The zero-order chi connectivity index (χ0) is 19.6. The second-order valence-electron chi connectivity index (χ2n) is 6.63. The highest BCUT2D eigenvalue weighted by molar-refractivity contribution is 7.92. The van der Waals surface area contributed by atoms with Crippen LogP contribution in [0, 0.1) is 6.92 Å². The monoisotopic (exact) mass is 385 g/mol. The Morgan fingerprint density at radius 2 is 1.56 bits per heavy atom. The van der Waals surface area contributed by atoms with E-state index in [2.05, 4.69) is 4.72 Å². The number of aromatic nitrogens is 2. The number of rotatable bonds is 6. The molecule has 1 heterocycles. The van der Waals surface area contributed by atoms with Crippen LogP contribution >= 0.6 is 0 Å². The summed E-state index contributed by atoms with van der Waals surface area (Å²) in [5, 5.41) is 0. The van der Waals surface area contributed by atoms with Crippen molar-refractivity contribution in [2.24, 2.45) is 7.05 Å². The minimum Gasteiger partial charge on any atom is -0.283 e. The Morgan fingerprint density at radius 1 is 1.00 bits per heavy atom. The summed E-state index contributed by atoms with van der Waals surface area (Å²) in [4.78, 5) is 12.9. The van der Waals surface area contributed by atoms with Crippen LogP contribution < -0.4 is 10.3 Å². The van der Waals surface area contributed by atoms with E-state index >= 15 is 0 Å². The highest BCUT2D eigenvalue weighted by Gasteiger charge is 2.23. The first-order chi connectivity index (χ1) is 12.8. The third kappa shape index (κ3) is 3.98. The molecule has 1 N–H and O–H groups in total. The molecule has 3 aromatic rings. The van der Waals surface area contributed by atoms with Gasteiger partial charge in [-0.1, -0.05) is 55.5 Å². The van der Waals surface area contributed by atoms with E-state index in [4.69, 9.17) is 0 Å². The van der Waals surface area contributed by atoms with Crippen LogP contribution in [-0.4, -0.2) is 23.5 Å². The lowest BCUT2D eigenvalue weighted by molar-refractivity contribution is 0.595. The van der Waals surface area contributed by atoms with Crippen molar-refractivity contribution < 1.29 is 8.42 Å². The van der Waals surface area contributed by atoms with Crippen LogP contribution in [0.5, 0.6) is 0 Å². The summed E-state index contributed by atoms with van der Waals surface area (Å²) in [7, 11) is -1.96. The Balaban J connectivity index is 1.90. The van der Waals surface area contributed by atoms with Crippen molar-refractivity contribution >= 4 is 15.7 Å². The Bertz CT molecular complexity index is 1080. The number of nitrogens with zero attached hydrogens (tertiary/aromatic N) is 2. The normalized spacial score (nSPS) is 12.7. The summed E-state index contributed by atoms with van der Waals surface area (Å²) in [6.45, 7) is 3.58. The average molecular weight is 385 g/mol. The maximum atomic E-state index is 12.9. The molecule has 0 amide bonds. The summed E-state index contributed by atoms with van der Waals surface area (Å²) in [6.07, 6.45) is 0. The van der Waals surface area contributed by atoms with Gasteiger partial charge >= 0.3 is 0 Å². The fourth-order valence-corrected chi connectivity index (χ4v) is 4.57. The Hall–Kier alpha value is -2.80. The molecule has 0 bridgehead atoms. The van der Waals surface area contributed by atoms with E-state index in [-0.39, 0.29) is 17.4 Å². The van der Waals surface area contributed by atoms with Crippen LogP contribution in [0.25, 0.3) is 5.69 Å². The molecule has 0 saturated heterocycles. The van der Waals surface area contributed by atoms with E-state index in [1.54, 1.807) is 30.8 Å². The summed E-state index contributed by atoms with van der Waals surface area (Å²) in [5.74, 6) is -0.292. The van der Waals surface area contributed by atoms with Gasteiger partial charge in [-0.15, -0.1) is 0 Å². The molecule has 27 heavy (non-hydrogen) atoms. The number of para-hydroxylation sites is 1. The van der Waals surface area contributed by atoms with Crippen LogP contribution in [0.15, 0.2) is 65.5 Å². The topological polar surface area (TPSA) is 73.1 Å². The minimum atomic E-state index is -3.69. The molecule has 6 nitrogen and oxygen atoms in total. The molecular formula is C20H23N3O3S. The second-order valence-corrected chi connectivity index (χ2v) is 8.40. The minimum absolute atomic E-state index is 0.0848. The van der Waals surface area contributed by atoms with Gasteiger partial charge < -0.3 is 0 Å². The van der Waals surface area contributed by atoms with Crippen LogP contribution in [0.2, 0.25) is 0 Å². The van der Waals surface area contributed by atoms with Gasteiger partial charge in [0.05, 0.1) is 17.1 Å². The molecule has 0 aliphatic carbocycles. The molecule has 0 unspecified atom stereocenters. The third-order valence-electron chi connectivity index (χ3n) is 4.65. The molecule has 0 aliphatic rings. The van der Waals surface area contributed by atoms with Gasteiger partial charge in [-0.3, -0.25) is 14.2 Å². The molecule has 0 spiro atoms. The first-order valence-electron chi connectivity index (χ1n) is 8.69. The SMILES string of the molecule is Cc1c(NS(=O)(=O)C[C@@H](C)c2ccccc2)c(=O)n(-c2ccccc2)n1C. The van der Waals surface area contributed by atoms with Crippen LogP contribution in [0.4, 0.5) is 5.69 Å². The summed E-state index contributed by atoms with van der Waals surface area (Å²) in [6, 6.07) is 18.6. The molecule has 0 radical (unpaired) electrons. The van der Waals surface area contributed by atoms with E-state index in [1.807, 2.05) is 55.5 Å². The molecule has 7 heteroatoms.